The van der Waals surface area contributed by atoms with E-state index in [1.54, 1.807) is 32.1 Å². The summed E-state index contributed by atoms with van der Waals surface area (Å²) in [6.45, 7) is 7.33. The molecule has 0 aromatic rings. The Morgan fingerprint density at radius 1 is 1.08 bits per heavy atom. The van der Waals surface area contributed by atoms with Gasteiger partial charge in [0.2, 0.25) is 0 Å². The van der Waals surface area contributed by atoms with E-state index >= 15 is 0 Å². The molecule has 13 heavy (non-hydrogen) atoms. The molecule has 0 N–H and O–H groups in total. The second-order valence-corrected chi connectivity index (χ2v) is 5.97. The topological polar surface area (TPSA) is 0 Å². The van der Waals surface area contributed by atoms with Gasteiger partial charge in [0.05, 0.1) is 0 Å². The van der Waals surface area contributed by atoms with Gasteiger partial charge in [-0.25, -0.2) is 0 Å². The molecule has 0 aliphatic heterocycles. The summed E-state index contributed by atoms with van der Waals surface area (Å²) < 4.78 is 0. The maximum atomic E-state index is 2.48. The lowest BCUT2D eigenvalue weighted by Crippen LogP contribution is -2.39. The molecular weight excluding hydrogens is 156 g/mol. The summed E-state index contributed by atoms with van der Waals surface area (Å²) in [6, 6.07) is 0. The van der Waals surface area contributed by atoms with Crippen molar-refractivity contribution in [1.29, 1.82) is 0 Å². The molecule has 3 aliphatic rings. The molecule has 0 heterocycles. The normalized spacial score (nSPS) is 39.5. The molecule has 1 atom stereocenters. The highest BCUT2D eigenvalue weighted by atomic mass is 14.5. The smallest absolute Gasteiger partial charge is 0.0326 e. The zero-order valence-corrected chi connectivity index (χ0v) is 9.47. The molecule has 3 aliphatic carbocycles. The average Bonchev–Trinajstić information content (AvgIpc) is 2.19. The van der Waals surface area contributed by atoms with Gasteiger partial charge in [0.1, 0.15) is 0 Å². The van der Waals surface area contributed by atoms with E-state index < -0.39 is 0 Å². The maximum Gasteiger partial charge on any atom is -0.0326 e. The first-order valence-corrected chi connectivity index (χ1v) is 6.13. The number of hydrogen-bond donors (Lipinski definition) is 0. The minimum Gasteiger partial charge on any atom is -0.0649 e. The molecule has 3 fully saturated rings. The summed E-state index contributed by atoms with van der Waals surface area (Å²) in [5, 5.41) is 0. The van der Waals surface area contributed by atoms with Crippen LogP contribution in [0.4, 0.5) is 0 Å². The van der Waals surface area contributed by atoms with Crippen LogP contribution in [0, 0.1) is 23.2 Å². The van der Waals surface area contributed by atoms with E-state index in [4.69, 9.17) is 0 Å². The molecule has 0 aromatic carbocycles. The Bertz CT molecular complexity index is 172. The Kier molecular flexibility index (Phi) is 2.42. The van der Waals surface area contributed by atoms with Crippen LogP contribution in [0.2, 0.25) is 0 Å². The first-order valence-electron chi connectivity index (χ1n) is 6.13. The number of rotatable bonds is 2. The molecule has 3 rings (SSSR count). The maximum absolute atomic E-state index is 2.48. The first-order chi connectivity index (χ1) is 6.13. The molecule has 0 radical (unpaired) electrons. The molecule has 2 bridgehead atoms. The van der Waals surface area contributed by atoms with Gasteiger partial charge in [0.25, 0.3) is 0 Å². The highest BCUT2D eigenvalue weighted by Crippen LogP contribution is 2.52. The monoisotopic (exact) mass is 180 g/mol. The first kappa shape index (κ1) is 9.55. The minimum atomic E-state index is 0.615. The van der Waals surface area contributed by atoms with Crippen LogP contribution in [0.5, 0.6) is 0 Å². The van der Waals surface area contributed by atoms with Gasteiger partial charge in [-0.05, 0) is 42.4 Å². The van der Waals surface area contributed by atoms with Crippen molar-refractivity contribution in [2.75, 3.05) is 0 Å². The Hall–Kier alpha value is 0. The van der Waals surface area contributed by atoms with Crippen LogP contribution >= 0.6 is 0 Å². The van der Waals surface area contributed by atoms with Crippen molar-refractivity contribution in [2.24, 2.45) is 23.2 Å². The van der Waals surface area contributed by atoms with E-state index in [0.29, 0.717) is 5.41 Å². The van der Waals surface area contributed by atoms with Crippen molar-refractivity contribution in [3.8, 4) is 0 Å². The molecule has 0 heteroatoms. The van der Waals surface area contributed by atoms with Gasteiger partial charge in [-0.1, -0.05) is 40.0 Å². The van der Waals surface area contributed by atoms with Crippen molar-refractivity contribution in [3.05, 3.63) is 0 Å². The molecule has 0 spiro atoms. The second kappa shape index (κ2) is 3.29. The Morgan fingerprint density at radius 3 is 2.08 bits per heavy atom. The third-order valence-corrected chi connectivity index (χ3v) is 4.96. The molecule has 0 nitrogen and oxygen atoms in total. The van der Waals surface area contributed by atoms with Gasteiger partial charge in [0, 0.05) is 0 Å². The third kappa shape index (κ3) is 1.65. The summed E-state index contributed by atoms with van der Waals surface area (Å²) in [6.07, 6.45) is 9.08. The van der Waals surface area contributed by atoms with Crippen molar-refractivity contribution in [3.63, 3.8) is 0 Å². The quantitative estimate of drug-likeness (QED) is 0.596. The Morgan fingerprint density at radius 2 is 1.69 bits per heavy atom. The minimum absolute atomic E-state index is 0.615. The highest BCUT2D eigenvalue weighted by Gasteiger charge is 2.42. The number of fused-ring (bicyclic) bond motifs is 3. The van der Waals surface area contributed by atoms with Crippen molar-refractivity contribution >= 4 is 0 Å². The van der Waals surface area contributed by atoms with Crippen LogP contribution in [0.1, 0.15) is 59.3 Å². The molecule has 0 amide bonds. The van der Waals surface area contributed by atoms with E-state index in [-0.39, 0.29) is 0 Å². The second-order valence-electron chi connectivity index (χ2n) is 5.97. The summed E-state index contributed by atoms with van der Waals surface area (Å²) in [7, 11) is 0. The zero-order valence-electron chi connectivity index (χ0n) is 9.47. The van der Waals surface area contributed by atoms with Gasteiger partial charge in [-0.15, -0.1) is 0 Å². The van der Waals surface area contributed by atoms with Crippen LogP contribution in [0.15, 0.2) is 0 Å². The molecular formula is C13H24. The van der Waals surface area contributed by atoms with Gasteiger partial charge in [-0.3, -0.25) is 0 Å². The lowest BCUT2D eigenvalue weighted by molar-refractivity contribution is 0.0136. The van der Waals surface area contributed by atoms with Crippen LogP contribution in [-0.4, -0.2) is 0 Å². The van der Waals surface area contributed by atoms with Gasteiger partial charge >= 0.3 is 0 Å². The third-order valence-electron chi connectivity index (χ3n) is 4.96. The predicted molar refractivity (Wildman–Crippen MR) is 57.6 cm³/mol. The average molecular weight is 180 g/mol. The van der Waals surface area contributed by atoms with Gasteiger partial charge in [-0.2, -0.15) is 0 Å². The van der Waals surface area contributed by atoms with E-state index in [9.17, 15) is 0 Å². The van der Waals surface area contributed by atoms with E-state index in [0.717, 1.165) is 17.8 Å². The fraction of sp³-hybridized carbons (Fsp3) is 1.00. The van der Waals surface area contributed by atoms with Crippen LogP contribution < -0.4 is 0 Å². The zero-order chi connectivity index (χ0) is 9.47. The fourth-order valence-electron chi connectivity index (χ4n) is 3.60. The summed E-state index contributed by atoms with van der Waals surface area (Å²) in [5.41, 5.74) is 0.615. The Balaban J connectivity index is 2.08. The lowest BCUT2D eigenvalue weighted by Gasteiger charge is -2.49. The summed E-state index contributed by atoms with van der Waals surface area (Å²) in [4.78, 5) is 0. The van der Waals surface area contributed by atoms with Gasteiger partial charge < -0.3 is 0 Å². The molecule has 76 valence electrons. The van der Waals surface area contributed by atoms with E-state index in [1.165, 1.54) is 6.42 Å². The molecule has 1 unspecified atom stereocenters. The Labute approximate surface area is 83.1 Å². The molecule has 0 aromatic heterocycles. The molecule has 3 saturated carbocycles. The van der Waals surface area contributed by atoms with Gasteiger partial charge in [0.15, 0.2) is 0 Å². The largest absolute Gasteiger partial charge is 0.0649 e. The van der Waals surface area contributed by atoms with E-state index in [2.05, 4.69) is 20.8 Å². The summed E-state index contributed by atoms with van der Waals surface area (Å²) >= 11 is 0. The van der Waals surface area contributed by atoms with Crippen molar-refractivity contribution < 1.29 is 0 Å². The van der Waals surface area contributed by atoms with Crippen molar-refractivity contribution in [2.45, 2.75) is 59.3 Å². The SMILES string of the molecule is CCC(C)(C)C1CC2CCC1CC2. The number of hydrogen-bond acceptors (Lipinski definition) is 0. The van der Waals surface area contributed by atoms with E-state index in [1.807, 2.05) is 0 Å². The predicted octanol–water partition coefficient (Wildman–Crippen LogP) is 4.25. The van der Waals surface area contributed by atoms with Crippen LogP contribution in [0.3, 0.4) is 0 Å². The van der Waals surface area contributed by atoms with Crippen LogP contribution in [-0.2, 0) is 0 Å². The lowest BCUT2D eigenvalue weighted by atomic mass is 9.56. The van der Waals surface area contributed by atoms with Crippen molar-refractivity contribution in [1.82, 2.24) is 0 Å². The standard InChI is InChI=1S/C13H24/c1-4-13(2,3)12-9-10-5-7-11(12)8-6-10/h10-12H,4-9H2,1-3H3. The molecule has 0 saturated heterocycles. The summed E-state index contributed by atoms with van der Waals surface area (Å²) in [5.74, 6) is 3.23. The fourth-order valence-corrected chi connectivity index (χ4v) is 3.60. The van der Waals surface area contributed by atoms with Crippen LogP contribution in [0.25, 0.3) is 0 Å². The highest BCUT2D eigenvalue weighted by molar-refractivity contribution is 4.92.